The van der Waals surface area contributed by atoms with Crippen molar-refractivity contribution in [1.82, 2.24) is 14.8 Å². The number of amides is 2. The van der Waals surface area contributed by atoms with E-state index in [1.165, 1.54) is 16.2 Å². The molecule has 2 aliphatic rings. The van der Waals surface area contributed by atoms with Gasteiger partial charge in [0.15, 0.2) is 0 Å². The van der Waals surface area contributed by atoms with E-state index in [0.29, 0.717) is 32.6 Å². The first-order valence-electron chi connectivity index (χ1n) is 13.6. The zero-order valence-corrected chi connectivity index (χ0v) is 24.3. The Kier molecular flexibility index (Phi) is 9.41. The minimum absolute atomic E-state index is 0.0990. The number of aliphatic hydroxyl groups excluding tert-OH is 1. The molecule has 0 aliphatic carbocycles. The summed E-state index contributed by atoms with van der Waals surface area (Å²) in [4.78, 5) is 42.8. The number of piperidine rings is 1. The van der Waals surface area contributed by atoms with Gasteiger partial charge in [-0.1, -0.05) is 17.7 Å². The van der Waals surface area contributed by atoms with Crippen molar-refractivity contribution in [2.24, 2.45) is 0 Å². The van der Waals surface area contributed by atoms with Crippen LogP contribution in [0.15, 0.2) is 53.5 Å². The largest absolute Gasteiger partial charge is 0.442 e. The number of methoxy groups -OCH3 is 1. The summed E-state index contributed by atoms with van der Waals surface area (Å²) in [5, 5.41) is 12.5. The van der Waals surface area contributed by atoms with Gasteiger partial charge in [0.1, 0.15) is 6.10 Å². The zero-order valence-electron chi connectivity index (χ0n) is 22.8. The van der Waals surface area contributed by atoms with Crippen LogP contribution in [0.25, 0.3) is 5.69 Å². The van der Waals surface area contributed by atoms with Crippen LogP contribution in [0.1, 0.15) is 33.6 Å². The maximum Gasteiger partial charge on any atom is 0.414 e. The number of rotatable bonds is 10. The monoisotopic (exact) mass is 600 g/mol. The van der Waals surface area contributed by atoms with Gasteiger partial charge in [-0.2, -0.15) is 0 Å². The summed E-state index contributed by atoms with van der Waals surface area (Å²) in [5.41, 5.74) is 2.64. The molecule has 2 N–H and O–H groups in total. The van der Waals surface area contributed by atoms with Crippen molar-refractivity contribution in [2.75, 3.05) is 44.7 Å². The lowest BCUT2D eigenvalue weighted by molar-refractivity contribution is 0.0831. The Hall–Kier alpha value is -3.22. The number of thiophene rings is 1. The van der Waals surface area contributed by atoms with Crippen LogP contribution in [0.4, 0.5) is 10.5 Å². The highest BCUT2D eigenvalue weighted by Crippen LogP contribution is 2.27. The van der Waals surface area contributed by atoms with E-state index in [4.69, 9.17) is 21.1 Å². The van der Waals surface area contributed by atoms with Crippen LogP contribution in [0.3, 0.4) is 0 Å². The number of hydrogen-bond donors (Lipinski definition) is 2. The first kappa shape index (κ1) is 29.3. The maximum absolute atomic E-state index is 13.5. The Bertz CT molecular complexity index is 1450. The van der Waals surface area contributed by atoms with E-state index in [9.17, 15) is 19.5 Å². The molecule has 0 radical (unpaired) electrons. The molecule has 12 heteroatoms. The highest BCUT2D eigenvalue weighted by molar-refractivity contribution is 7.18. The number of anilines is 1. The van der Waals surface area contributed by atoms with E-state index in [-0.39, 0.29) is 37.3 Å². The standard InChI is InChI=1S/C29H33ClN4O6S/c1-39-18-20-15-21(34-17-23(40-29(34)38)16-31-27(36)25-6-7-26(30)41-25)4-5-24(20)33-11-2-3-19(28(33)37)8-12-32-13-9-22(35)10-14-32/h2-7,11,15,22-23,35H,8-10,12-14,16-18H2,1H3,(H,31,36)/t23-/m0/s1. The quantitative estimate of drug-likeness (QED) is 0.366. The third-order valence-electron chi connectivity index (χ3n) is 7.38. The number of halogens is 1. The van der Waals surface area contributed by atoms with E-state index in [1.54, 1.807) is 36.1 Å². The Morgan fingerprint density at radius 2 is 1.98 bits per heavy atom. The highest BCUT2D eigenvalue weighted by Gasteiger charge is 2.33. The van der Waals surface area contributed by atoms with E-state index >= 15 is 0 Å². The number of ether oxygens (including phenoxy) is 2. The van der Waals surface area contributed by atoms with Crippen LogP contribution >= 0.6 is 22.9 Å². The maximum atomic E-state index is 13.5. The summed E-state index contributed by atoms with van der Waals surface area (Å²) >= 11 is 7.09. The number of benzene rings is 1. The molecule has 3 aromatic rings. The average Bonchev–Trinajstić information content (AvgIpc) is 3.57. The Morgan fingerprint density at radius 3 is 2.71 bits per heavy atom. The predicted molar refractivity (Wildman–Crippen MR) is 157 cm³/mol. The average molecular weight is 601 g/mol. The number of hydrogen-bond acceptors (Lipinski definition) is 8. The molecular weight excluding hydrogens is 568 g/mol. The number of carbonyl (C=O) groups excluding carboxylic acids is 2. The molecule has 0 unspecified atom stereocenters. The molecule has 10 nitrogen and oxygen atoms in total. The van der Waals surface area contributed by atoms with Crippen molar-refractivity contribution in [3.8, 4) is 5.69 Å². The van der Waals surface area contributed by atoms with Gasteiger partial charge in [-0.15, -0.1) is 11.3 Å². The normalized spacial score (nSPS) is 18.1. The predicted octanol–water partition coefficient (Wildman–Crippen LogP) is 3.45. The van der Waals surface area contributed by atoms with Crippen molar-refractivity contribution in [2.45, 2.75) is 38.1 Å². The first-order chi connectivity index (χ1) is 19.8. The number of pyridine rings is 1. The summed E-state index contributed by atoms with van der Waals surface area (Å²) in [5.74, 6) is -0.273. The van der Waals surface area contributed by atoms with Crippen molar-refractivity contribution >= 4 is 40.6 Å². The Morgan fingerprint density at radius 1 is 1.17 bits per heavy atom. The third kappa shape index (κ3) is 6.99. The summed E-state index contributed by atoms with van der Waals surface area (Å²) in [6, 6.07) is 12.4. The molecule has 41 heavy (non-hydrogen) atoms. The number of carbonyl (C=O) groups is 2. The van der Waals surface area contributed by atoms with E-state index in [0.717, 1.165) is 38.0 Å². The molecule has 4 heterocycles. The SMILES string of the molecule is COCc1cc(N2C[C@H](CNC(=O)c3ccc(Cl)s3)OC2=O)ccc1-n1cccc(CCN2CCC(O)CC2)c1=O. The van der Waals surface area contributed by atoms with Gasteiger partial charge >= 0.3 is 6.09 Å². The van der Waals surface area contributed by atoms with E-state index < -0.39 is 12.2 Å². The van der Waals surface area contributed by atoms with Crippen LogP contribution in [0, 0.1) is 0 Å². The third-order valence-corrected chi connectivity index (χ3v) is 8.61. The van der Waals surface area contributed by atoms with Crippen LogP contribution in [0.2, 0.25) is 4.34 Å². The van der Waals surface area contributed by atoms with Gasteiger partial charge in [0, 0.05) is 49.8 Å². The second-order valence-corrected chi connectivity index (χ2v) is 11.9. The number of aliphatic hydroxyl groups is 1. The molecule has 2 aliphatic heterocycles. The molecule has 5 rings (SSSR count). The van der Waals surface area contributed by atoms with Crippen LogP contribution in [-0.2, 0) is 22.5 Å². The van der Waals surface area contributed by atoms with Gasteiger partial charge in [0.25, 0.3) is 11.5 Å². The molecule has 1 aromatic carbocycles. The number of likely N-dealkylation sites (tertiary alicyclic amines) is 1. The fourth-order valence-electron chi connectivity index (χ4n) is 5.16. The van der Waals surface area contributed by atoms with Crippen molar-refractivity contribution < 1.29 is 24.2 Å². The molecule has 0 spiro atoms. The Labute approximate surface area is 247 Å². The highest BCUT2D eigenvalue weighted by atomic mass is 35.5. The number of nitrogens with one attached hydrogen (secondary N) is 1. The minimum atomic E-state index is -0.519. The van der Waals surface area contributed by atoms with Crippen LogP contribution in [0.5, 0.6) is 0 Å². The summed E-state index contributed by atoms with van der Waals surface area (Å²) in [6.45, 7) is 3.09. The van der Waals surface area contributed by atoms with Gasteiger partial charge in [-0.05, 0) is 55.7 Å². The van der Waals surface area contributed by atoms with Gasteiger partial charge in [0.2, 0.25) is 0 Å². The smallest absolute Gasteiger partial charge is 0.414 e. The molecule has 0 bridgehead atoms. The van der Waals surface area contributed by atoms with Crippen molar-refractivity contribution in [3.05, 3.63) is 79.4 Å². The van der Waals surface area contributed by atoms with E-state index in [2.05, 4.69) is 10.2 Å². The lowest BCUT2D eigenvalue weighted by Gasteiger charge is -2.29. The zero-order chi connectivity index (χ0) is 28.9. The topological polar surface area (TPSA) is 113 Å². The molecule has 2 saturated heterocycles. The van der Waals surface area contributed by atoms with Crippen LogP contribution in [-0.4, -0.2) is 78.6 Å². The number of aromatic nitrogens is 1. The molecule has 2 fully saturated rings. The summed E-state index contributed by atoms with van der Waals surface area (Å²) < 4.78 is 13.1. The van der Waals surface area contributed by atoms with Gasteiger partial charge in [0.05, 0.1) is 40.7 Å². The number of nitrogens with zero attached hydrogens (tertiary/aromatic N) is 3. The minimum Gasteiger partial charge on any atom is -0.442 e. The summed E-state index contributed by atoms with van der Waals surface area (Å²) in [7, 11) is 1.58. The first-order valence-corrected chi connectivity index (χ1v) is 14.8. The lowest BCUT2D eigenvalue weighted by atomic mass is 10.1. The molecule has 2 aromatic heterocycles. The van der Waals surface area contributed by atoms with E-state index in [1.807, 2.05) is 24.3 Å². The van der Waals surface area contributed by atoms with Gasteiger partial charge < -0.3 is 24.8 Å². The number of cyclic esters (lactones) is 1. The molecule has 218 valence electrons. The second-order valence-electron chi connectivity index (χ2n) is 10.2. The molecule has 2 amide bonds. The van der Waals surface area contributed by atoms with Crippen LogP contribution < -0.4 is 15.8 Å². The molecule has 1 atom stereocenters. The molecular formula is C29H33ClN4O6S. The lowest BCUT2D eigenvalue weighted by Crippen LogP contribution is -2.37. The molecule has 0 saturated carbocycles. The van der Waals surface area contributed by atoms with Crippen molar-refractivity contribution in [1.29, 1.82) is 0 Å². The van der Waals surface area contributed by atoms with Gasteiger partial charge in [-0.25, -0.2) is 4.79 Å². The van der Waals surface area contributed by atoms with Gasteiger partial charge in [-0.3, -0.25) is 19.1 Å². The van der Waals surface area contributed by atoms with Crippen molar-refractivity contribution in [3.63, 3.8) is 0 Å². The Balaban J connectivity index is 1.28. The summed E-state index contributed by atoms with van der Waals surface area (Å²) in [6.07, 6.45) is 2.62. The second kappa shape index (κ2) is 13.2. The fourth-order valence-corrected chi connectivity index (χ4v) is 6.11. The fraction of sp³-hybridized carbons (Fsp3) is 0.414.